The van der Waals surface area contributed by atoms with Crippen molar-refractivity contribution in [1.29, 1.82) is 0 Å². The number of hydrogen-bond donors (Lipinski definition) is 1. The lowest BCUT2D eigenvalue weighted by Crippen LogP contribution is -2.03. The van der Waals surface area contributed by atoms with E-state index in [1.54, 1.807) is 0 Å². The van der Waals surface area contributed by atoms with Gasteiger partial charge in [-0.2, -0.15) is 0 Å². The summed E-state index contributed by atoms with van der Waals surface area (Å²) in [6.07, 6.45) is 0. The van der Waals surface area contributed by atoms with E-state index < -0.39 is 16.6 Å². The van der Waals surface area contributed by atoms with Gasteiger partial charge in [0, 0.05) is 36.0 Å². The molecule has 21 heavy (non-hydrogen) atoms. The normalized spacial score (nSPS) is 10.2. The molecule has 1 N–H and O–H groups in total. The third-order valence-electron chi connectivity index (χ3n) is 2.87. The Kier molecular flexibility index (Phi) is 4.32. The number of nitrogens with zero attached hydrogens (tertiary/aromatic N) is 1. The van der Waals surface area contributed by atoms with E-state index in [0.717, 1.165) is 12.1 Å². The molecule has 0 unspecified atom stereocenters. The predicted molar refractivity (Wildman–Crippen MR) is 73.3 cm³/mol. The molecular weight excluding hydrogens is 282 g/mol. The first-order valence-electron chi connectivity index (χ1n) is 6.01. The summed E-state index contributed by atoms with van der Waals surface area (Å²) in [5.41, 5.74) is 0.658. The van der Waals surface area contributed by atoms with Crippen molar-refractivity contribution < 1.29 is 18.4 Å². The van der Waals surface area contributed by atoms with Crippen molar-refractivity contribution in [3.05, 3.63) is 63.7 Å². The average molecular weight is 294 g/mol. The summed E-state index contributed by atoms with van der Waals surface area (Å²) in [5, 5.41) is 13.7. The molecule has 0 aliphatic heterocycles. The van der Waals surface area contributed by atoms with Crippen LogP contribution in [0.4, 0.5) is 20.2 Å². The molecule has 5 nitrogen and oxygen atoms in total. The minimum absolute atomic E-state index is 0.101. The van der Waals surface area contributed by atoms with E-state index in [4.69, 9.17) is 4.74 Å². The van der Waals surface area contributed by atoms with Gasteiger partial charge in [-0.05, 0) is 12.1 Å². The van der Waals surface area contributed by atoms with Crippen molar-refractivity contribution in [3.63, 3.8) is 0 Å². The smallest absolute Gasteiger partial charge is 0.311 e. The number of anilines is 1. The predicted octanol–water partition coefficient (Wildman–Crippen LogP) is 3.49. The minimum atomic E-state index is -0.656. The lowest BCUT2D eigenvalue weighted by atomic mass is 10.2. The second-order valence-corrected chi connectivity index (χ2v) is 4.23. The summed E-state index contributed by atoms with van der Waals surface area (Å²) in [5.74, 6) is -1.20. The van der Waals surface area contributed by atoms with Crippen molar-refractivity contribution >= 4 is 11.4 Å². The first-order chi connectivity index (χ1) is 10.0. The Morgan fingerprint density at radius 3 is 2.62 bits per heavy atom. The van der Waals surface area contributed by atoms with Crippen LogP contribution < -0.4 is 10.1 Å². The summed E-state index contributed by atoms with van der Waals surface area (Å²) in [6.45, 7) is 0.118. The zero-order valence-corrected chi connectivity index (χ0v) is 11.1. The highest BCUT2D eigenvalue weighted by atomic mass is 19.1. The summed E-state index contributed by atoms with van der Waals surface area (Å²) >= 11 is 0. The van der Waals surface area contributed by atoms with Crippen molar-refractivity contribution in [2.45, 2.75) is 6.54 Å². The van der Waals surface area contributed by atoms with E-state index in [2.05, 4.69) is 5.32 Å². The van der Waals surface area contributed by atoms with E-state index in [1.165, 1.54) is 31.4 Å². The molecule has 0 aliphatic rings. The SMILES string of the molecule is COc1cc(NCc2ccc(F)cc2F)ccc1[N+](=O)[O-]. The van der Waals surface area contributed by atoms with Crippen LogP contribution >= 0.6 is 0 Å². The maximum atomic E-state index is 13.5. The number of nitro benzene ring substituents is 1. The third-order valence-corrected chi connectivity index (χ3v) is 2.87. The van der Waals surface area contributed by atoms with Crippen LogP contribution in [0.15, 0.2) is 36.4 Å². The molecule has 2 aromatic carbocycles. The van der Waals surface area contributed by atoms with E-state index >= 15 is 0 Å². The van der Waals surface area contributed by atoms with Crippen molar-refractivity contribution in [1.82, 2.24) is 0 Å². The molecular formula is C14H12F2N2O3. The van der Waals surface area contributed by atoms with Crippen LogP contribution in [0.25, 0.3) is 0 Å². The van der Waals surface area contributed by atoms with Gasteiger partial charge in [-0.3, -0.25) is 10.1 Å². The number of rotatable bonds is 5. The number of methoxy groups -OCH3 is 1. The topological polar surface area (TPSA) is 64.4 Å². The van der Waals surface area contributed by atoms with Gasteiger partial charge in [0.15, 0.2) is 5.75 Å². The van der Waals surface area contributed by atoms with Crippen LogP contribution in [0.3, 0.4) is 0 Å². The number of ether oxygens (including phenoxy) is 1. The highest BCUT2D eigenvalue weighted by Gasteiger charge is 2.14. The Balaban J connectivity index is 2.15. The van der Waals surface area contributed by atoms with Crippen LogP contribution in [0.2, 0.25) is 0 Å². The van der Waals surface area contributed by atoms with E-state index in [0.29, 0.717) is 5.69 Å². The van der Waals surface area contributed by atoms with Crippen LogP contribution in [0, 0.1) is 21.7 Å². The van der Waals surface area contributed by atoms with Crippen molar-refractivity contribution in [3.8, 4) is 5.75 Å². The van der Waals surface area contributed by atoms with Gasteiger partial charge < -0.3 is 10.1 Å². The molecule has 0 atom stereocenters. The fourth-order valence-electron chi connectivity index (χ4n) is 1.80. The number of hydrogen-bond acceptors (Lipinski definition) is 4. The Morgan fingerprint density at radius 2 is 2.00 bits per heavy atom. The number of halogens is 2. The fourth-order valence-corrected chi connectivity index (χ4v) is 1.80. The van der Waals surface area contributed by atoms with Crippen LogP contribution in [-0.2, 0) is 6.54 Å². The Bertz CT molecular complexity index is 677. The van der Waals surface area contributed by atoms with Gasteiger partial charge in [-0.1, -0.05) is 6.07 Å². The standard InChI is InChI=1S/C14H12F2N2O3/c1-21-14-7-11(4-5-13(14)18(19)20)17-8-9-2-3-10(15)6-12(9)16/h2-7,17H,8H2,1H3. The lowest BCUT2D eigenvalue weighted by molar-refractivity contribution is -0.385. The summed E-state index contributed by atoms with van der Waals surface area (Å²) in [7, 11) is 1.33. The van der Waals surface area contributed by atoms with Gasteiger partial charge in [-0.15, -0.1) is 0 Å². The van der Waals surface area contributed by atoms with Gasteiger partial charge in [0.05, 0.1) is 12.0 Å². The second kappa shape index (κ2) is 6.17. The molecule has 0 saturated heterocycles. The van der Waals surface area contributed by atoms with Crippen molar-refractivity contribution in [2.75, 3.05) is 12.4 Å². The van der Waals surface area contributed by atoms with Crippen LogP contribution in [0.5, 0.6) is 5.75 Å². The highest BCUT2D eigenvalue weighted by Crippen LogP contribution is 2.29. The van der Waals surface area contributed by atoms with Crippen LogP contribution in [0.1, 0.15) is 5.56 Å². The van der Waals surface area contributed by atoms with E-state index in [1.807, 2.05) is 0 Å². The van der Waals surface area contributed by atoms with E-state index in [-0.39, 0.29) is 23.5 Å². The molecule has 0 saturated carbocycles. The average Bonchev–Trinajstić information content (AvgIpc) is 2.45. The molecule has 0 bridgehead atoms. The fraction of sp³-hybridized carbons (Fsp3) is 0.143. The Hall–Kier alpha value is -2.70. The quantitative estimate of drug-likeness (QED) is 0.677. The van der Waals surface area contributed by atoms with Crippen molar-refractivity contribution in [2.24, 2.45) is 0 Å². The molecule has 0 spiro atoms. The van der Waals surface area contributed by atoms with E-state index in [9.17, 15) is 18.9 Å². The Morgan fingerprint density at radius 1 is 1.24 bits per heavy atom. The third kappa shape index (κ3) is 3.44. The molecule has 0 fully saturated rings. The van der Waals surface area contributed by atoms with Gasteiger partial charge in [0.1, 0.15) is 11.6 Å². The molecule has 2 aromatic rings. The summed E-state index contributed by atoms with van der Waals surface area (Å²) in [4.78, 5) is 10.2. The summed E-state index contributed by atoms with van der Waals surface area (Å²) < 4.78 is 31.2. The molecule has 0 aromatic heterocycles. The Labute approximate surface area is 119 Å². The monoisotopic (exact) mass is 294 g/mol. The highest BCUT2D eigenvalue weighted by molar-refractivity contribution is 5.58. The maximum absolute atomic E-state index is 13.5. The van der Waals surface area contributed by atoms with Gasteiger partial charge in [-0.25, -0.2) is 8.78 Å². The first-order valence-corrected chi connectivity index (χ1v) is 6.01. The maximum Gasteiger partial charge on any atom is 0.311 e. The molecule has 2 rings (SSSR count). The number of nitro groups is 1. The zero-order chi connectivity index (χ0) is 15.4. The summed E-state index contributed by atoms with van der Waals surface area (Å²) in [6, 6.07) is 7.52. The lowest BCUT2D eigenvalue weighted by Gasteiger charge is -2.09. The molecule has 0 heterocycles. The minimum Gasteiger partial charge on any atom is -0.490 e. The van der Waals surface area contributed by atoms with Gasteiger partial charge in [0.25, 0.3) is 0 Å². The molecule has 7 heteroatoms. The molecule has 0 radical (unpaired) electrons. The first kappa shape index (κ1) is 14.7. The second-order valence-electron chi connectivity index (χ2n) is 4.23. The molecule has 110 valence electrons. The van der Waals surface area contributed by atoms with Gasteiger partial charge >= 0.3 is 5.69 Å². The number of benzene rings is 2. The van der Waals surface area contributed by atoms with Crippen LogP contribution in [-0.4, -0.2) is 12.0 Å². The largest absolute Gasteiger partial charge is 0.490 e. The van der Waals surface area contributed by atoms with Gasteiger partial charge in [0.2, 0.25) is 0 Å². The molecule has 0 amide bonds. The number of nitrogens with one attached hydrogen (secondary N) is 1. The molecule has 0 aliphatic carbocycles. The zero-order valence-electron chi connectivity index (χ0n) is 11.1.